The molecule has 1 saturated heterocycles. The highest BCUT2D eigenvalue weighted by molar-refractivity contribution is 5.97. The van der Waals surface area contributed by atoms with Crippen LogP contribution >= 0.6 is 0 Å². The van der Waals surface area contributed by atoms with E-state index in [1.165, 1.54) is 6.42 Å². The van der Waals surface area contributed by atoms with E-state index in [2.05, 4.69) is 12.2 Å². The van der Waals surface area contributed by atoms with Gasteiger partial charge in [-0.3, -0.25) is 9.59 Å². The summed E-state index contributed by atoms with van der Waals surface area (Å²) in [6.07, 6.45) is 5.48. The van der Waals surface area contributed by atoms with Crippen LogP contribution in [0.3, 0.4) is 0 Å². The molecule has 1 aliphatic heterocycles. The second-order valence-electron chi connectivity index (χ2n) is 4.89. The molecule has 0 aromatic carbocycles. The van der Waals surface area contributed by atoms with E-state index < -0.39 is 0 Å². The zero-order chi connectivity index (χ0) is 9.45. The van der Waals surface area contributed by atoms with Crippen molar-refractivity contribution in [2.75, 3.05) is 0 Å². The highest BCUT2D eigenvalue weighted by Crippen LogP contribution is 2.65. The molecule has 0 spiro atoms. The molecule has 5 rings (SSSR count). The highest BCUT2D eigenvalue weighted by Gasteiger charge is 2.66. The molecule has 0 unspecified atom stereocenters. The smallest absolute Gasteiger partial charge is 0.318 e. The molecule has 2 saturated carbocycles. The number of rotatable bonds is 0. The lowest BCUT2D eigenvalue weighted by Crippen LogP contribution is -2.40. The summed E-state index contributed by atoms with van der Waals surface area (Å²) in [4.78, 5) is 23.0. The van der Waals surface area contributed by atoms with E-state index in [9.17, 15) is 9.59 Å². The summed E-state index contributed by atoms with van der Waals surface area (Å²) >= 11 is 0. The van der Waals surface area contributed by atoms with E-state index in [4.69, 9.17) is 4.74 Å². The van der Waals surface area contributed by atoms with Gasteiger partial charge < -0.3 is 4.74 Å². The molecule has 3 nitrogen and oxygen atoms in total. The Kier molecular flexibility index (Phi) is 1.00. The summed E-state index contributed by atoms with van der Waals surface area (Å²) in [5, 5.41) is 0. The maximum atomic E-state index is 11.5. The van der Waals surface area contributed by atoms with E-state index in [1.54, 1.807) is 0 Å². The van der Waals surface area contributed by atoms with Gasteiger partial charge in [0.25, 0.3) is 0 Å². The molecule has 4 aliphatic carbocycles. The minimum absolute atomic E-state index is 0.138. The largest absolute Gasteiger partial charge is 0.393 e. The average molecular weight is 190 g/mol. The third-order valence-electron chi connectivity index (χ3n) is 4.40. The first-order valence-electron chi connectivity index (χ1n) is 5.21. The maximum absolute atomic E-state index is 11.5. The van der Waals surface area contributed by atoms with E-state index in [0.717, 1.165) is 0 Å². The Morgan fingerprint density at radius 1 is 1.00 bits per heavy atom. The maximum Gasteiger partial charge on any atom is 0.318 e. The number of allylic oxidation sites excluding steroid dienone is 2. The van der Waals surface area contributed by atoms with Gasteiger partial charge in [0.1, 0.15) is 0 Å². The second kappa shape index (κ2) is 1.95. The fourth-order valence-corrected chi connectivity index (χ4v) is 3.76. The first-order valence-corrected chi connectivity index (χ1v) is 5.21. The van der Waals surface area contributed by atoms with Gasteiger partial charge in [-0.15, -0.1) is 0 Å². The number of esters is 2. The Bertz CT molecular complexity index is 350. The van der Waals surface area contributed by atoms with E-state index in [0.29, 0.717) is 23.7 Å². The number of ether oxygens (including phenoxy) is 1. The lowest BCUT2D eigenvalue weighted by molar-refractivity contribution is -0.154. The van der Waals surface area contributed by atoms with E-state index >= 15 is 0 Å². The van der Waals surface area contributed by atoms with Crippen molar-refractivity contribution in [3.8, 4) is 0 Å². The zero-order valence-electron chi connectivity index (χ0n) is 7.55. The third kappa shape index (κ3) is 0.606. The fraction of sp³-hybridized carbons (Fsp3) is 0.636. The lowest BCUT2D eigenvalue weighted by atomic mass is 9.63. The van der Waals surface area contributed by atoms with Crippen LogP contribution in [-0.2, 0) is 14.3 Å². The standard InChI is InChI=1S/C11H10O3/c12-10-8-4-1-2-5(7-3-6(4)7)9(8)11(13)14-10/h1-2,4-9H,3H2/t4-,5-,6-,7-,8-,9+/m1/s1. The van der Waals surface area contributed by atoms with Crippen LogP contribution in [0.5, 0.6) is 0 Å². The molecule has 0 amide bonds. The highest BCUT2D eigenvalue weighted by atomic mass is 16.6. The quantitative estimate of drug-likeness (QED) is 0.321. The van der Waals surface area contributed by atoms with Crippen molar-refractivity contribution in [3.63, 3.8) is 0 Å². The molecule has 72 valence electrons. The molecular weight excluding hydrogens is 180 g/mol. The summed E-state index contributed by atoms with van der Waals surface area (Å²) in [5.41, 5.74) is 0. The summed E-state index contributed by atoms with van der Waals surface area (Å²) < 4.78 is 4.74. The van der Waals surface area contributed by atoms with Crippen LogP contribution in [0.4, 0.5) is 0 Å². The summed E-state index contributed by atoms with van der Waals surface area (Å²) in [5.74, 6) is 1.12. The monoisotopic (exact) mass is 190 g/mol. The molecule has 0 N–H and O–H groups in total. The van der Waals surface area contributed by atoms with Crippen molar-refractivity contribution in [2.45, 2.75) is 6.42 Å². The Morgan fingerprint density at radius 3 is 2.00 bits per heavy atom. The molecule has 5 aliphatic rings. The van der Waals surface area contributed by atoms with Crippen molar-refractivity contribution in [1.82, 2.24) is 0 Å². The first kappa shape index (κ1) is 7.21. The molecule has 0 aromatic heterocycles. The number of hydrogen-bond acceptors (Lipinski definition) is 3. The predicted molar refractivity (Wildman–Crippen MR) is 45.8 cm³/mol. The van der Waals surface area contributed by atoms with Gasteiger partial charge in [-0.25, -0.2) is 0 Å². The average Bonchev–Trinajstić information content (AvgIpc) is 2.92. The number of cyclic esters (lactones) is 2. The molecule has 1 heterocycles. The minimum Gasteiger partial charge on any atom is -0.393 e. The van der Waals surface area contributed by atoms with Gasteiger partial charge in [0, 0.05) is 0 Å². The Hall–Kier alpha value is -1.12. The van der Waals surface area contributed by atoms with Crippen LogP contribution in [0.25, 0.3) is 0 Å². The number of carbonyl (C=O) groups is 2. The lowest BCUT2D eigenvalue weighted by Gasteiger charge is -2.36. The normalized spacial score (nSPS) is 56.9. The second-order valence-corrected chi connectivity index (χ2v) is 4.89. The van der Waals surface area contributed by atoms with E-state index in [-0.39, 0.29) is 23.8 Å². The Balaban J connectivity index is 1.88. The number of hydrogen-bond donors (Lipinski definition) is 0. The molecule has 0 radical (unpaired) electrons. The van der Waals surface area contributed by atoms with Crippen LogP contribution in [0.15, 0.2) is 12.2 Å². The Labute approximate surface area is 81.1 Å². The summed E-state index contributed by atoms with van der Waals surface area (Å²) in [6.45, 7) is 0. The van der Waals surface area contributed by atoms with Crippen LogP contribution in [0.1, 0.15) is 6.42 Å². The molecular formula is C11H10O3. The first-order chi connectivity index (χ1) is 6.77. The van der Waals surface area contributed by atoms with Crippen LogP contribution in [-0.4, -0.2) is 11.9 Å². The molecule has 2 bridgehead atoms. The Morgan fingerprint density at radius 2 is 1.50 bits per heavy atom. The molecule has 3 heteroatoms. The molecule has 0 aromatic rings. The van der Waals surface area contributed by atoms with E-state index in [1.807, 2.05) is 0 Å². The van der Waals surface area contributed by atoms with Gasteiger partial charge in [-0.05, 0) is 30.1 Å². The van der Waals surface area contributed by atoms with Crippen LogP contribution in [0, 0.1) is 35.5 Å². The molecule has 6 atom stereocenters. The van der Waals surface area contributed by atoms with Crippen LogP contribution in [0.2, 0.25) is 0 Å². The van der Waals surface area contributed by atoms with Crippen LogP contribution < -0.4 is 0 Å². The van der Waals surface area contributed by atoms with Crippen molar-refractivity contribution in [2.24, 2.45) is 35.5 Å². The number of carbonyl (C=O) groups excluding carboxylic acids is 2. The molecule has 14 heavy (non-hydrogen) atoms. The van der Waals surface area contributed by atoms with Crippen molar-refractivity contribution < 1.29 is 14.3 Å². The van der Waals surface area contributed by atoms with Gasteiger partial charge in [0.15, 0.2) is 0 Å². The van der Waals surface area contributed by atoms with Gasteiger partial charge in [0.05, 0.1) is 11.8 Å². The third-order valence-corrected chi connectivity index (χ3v) is 4.40. The van der Waals surface area contributed by atoms with Gasteiger partial charge in [-0.1, -0.05) is 12.2 Å². The zero-order valence-corrected chi connectivity index (χ0v) is 7.55. The van der Waals surface area contributed by atoms with Crippen molar-refractivity contribution in [3.05, 3.63) is 12.2 Å². The SMILES string of the molecule is O=C1OC(=O)[C@H]2[C@@H]3C=C[C@H]([C@H]4C[C@H]34)[C@@H]12. The van der Waals surface area contributed by atoms with Gasteiger partial charge in [0.2, 0.25) is 0 Å². The summed E-state index contributed by atoms with van der Waals surface area (Å²) in [7, 11) is 0. The summed E-state index contributed by atoms with van der Waals surface area (Å²) in [6, 6.07) is 0. The fourth-order valence-electron chi connectivity index (χ4n) is 3.76. The topological polar surface area (TPSA) is 43.4 Å². The predicted octanol–water partition coefficient (Wildman–Crippen LogP) is 0.754. The molecule has 3 fully saturated rings. The van der Waals surface area contributed by atoms with Crippen molar-refractivity contribution >= 4 is 11.9 Å². The van der Waals surface area contributed by atoms with Crippen molar-refractivity contribution in [1.29, 1.82) is 0 Å². The minimum atomic E-state index is -0.273. The van der Waals surface area contributed by atoms with Gasteiger partial charge >= 0.3 is 11.9 Å². The van der Waals surface area contributed by atoms with Gasteiger partial charge in [-0.2, -0.15) is 0 Å².